The highest BCUT2D eigenvalue weighted by Crippen LogP contribution is 2.23. The molecule has 0 aliphatic heterocycles. The van der Waals surface area contributed by atoms with Gasteiger partial charge in [-0.3, -0.25) is 4.79 Å². The minimum absolute atomic E-state index is 0.291. The van der Waals surface area contributed by atoms with Crippen LogP contribution in [-0.2, 0) is 14.3 Å². The molecule has 1 aromatic carbocycles. The summed E-state index contributed by atoms with van der Waals surface area (Å²) in [5, 5.41) is 2.98. The summed E-state index contributed by atoms with van der Waals surface area (Å²) < 4.78 is 10.2. The van der Waals surface area contributed by atoms with Crippen molar-refractivity contribution in [2.45, 2.75) is 18.2 Å². The zero-order valence-electron chi connectivity index (χ0n) is 11.1. The fourth-order valence-corrected chi connectivity index (χ4v) is 2.46. The van der Waals surface area contributed by atoms with E-state index in [4.69, 9.17) is 4.42 Å². The number of carbonyl (C=O) groups excluding carboxylic acids is 2. The largest absolute Gasteiger partial charge is 0.467 e. The van der Waals surface area contributed by atoms with Crippen LogP contribution in [0.3, 0.4) is 0 Å². The number of benzene rings is 1. The number of hydrogen-bond donors (Lipinski definition) is 1. The maximum atomic E-state index is 11.5. The third-order valence-corrected chi connectivity index (χ3v) is 3.43. The fraction of sp³-hybridized carbons (Fsp3) is 0.308. The number of ether oxygens (including phenoxy) is 1. The van der Waals surface area contributed by atoms with Gasteiger partial charge in [0.05, 0.1) is 7.11 Å². The quantitative estimate of drug-likeness (QED) is 0.666. The summed E-state index contributed by atoms with van der Waals surface area (Å²) in [6.07, 6.45) is 0. The maximum Gasteiger partial charge on any atom is 0.329 e. The number of nitrogens with zero attached hydrogens (tertiary/aromatic N) is 1. The number of aromatic nitrogens is 1. The minimum Gasteiger partial charge on any atom is -0.467 e. The SMILES string of the molecule is COC(=O)C(CSc1nc2ccccc2o1)NC(C)=O. The average Bonchev–Trinajstić information content (AvgIpc) is 2.84. The third-order valence-electron chi connectivity index (χ3n) is 2.51. The summed E-state index contributed by atoms with van der Waals surface area (Å²) in [7, 11) is 1.28. The Kier molecular flexibility index (Phi) is 4.62. The number of carbonyl (C=O) groups is 2. The van der Waals surface area contributed by atoms with Crippen LogP contribution in [0.15, 0.2) is 33.9 Å². The lowest BCUT2D eigenvalue weighted by Crippen LogP contribution is -2.42. The van der Waals surface area contributed by atoms with Gasteiger partial charge in [-0.15, -0.1) is 0 Å². The molecule has 2 aromatic rings. The Balaban J connectivity index is 2.04. The molecule has 20 heavy (non-hydrogen) atoms. The predicted octanol–water partition coefficient (Wildman–Crippen LogP) is 1.60. The molecule has 1 N–H and O–H groups in total. The first kappa shape index (κ1) is 14.4. The van der Waals surface area contributed by atoms with Gasteiger partial charge in [0.2, 0.25) is 5.91 Å². The Bertz CT molecular complexity index is 593. The van der Waals surface area contributed by atoms with Crippen LogP contribution in [0.1, 0.15) is 6.92 Å². The van der Waals surface area contributed by atoms with Crippen LogP contribution in [-0.4, -0.2) is 35.8 Å². The molecule has 106 valence electrons. The second-order valence-electron chi connectivity index (χ2n) is 4.03. The van der Waals surface area contributed by atoms with Crippen molar-refractivity contribution in [3.8, 4) is 0 Å². The molecule has 2 rings (SSSR count). The molecule has 0 fully saturated rings. The molecule has 0 saturated heterocycles. The van der Waals surface area contributed by atoms with Crippen LogP contribution in [0.4, 0.5) is 0 Å². The standard InChI is InChI=1S/C13H14N2O4S/c1-8(16)14-10(12(17)18-2)7-20-13-15-9-5-3-4-6-11(9)19-13/h3-6,10H,7H2,1-2H3,(H,14,16). The first-order valence-corrected chi connectivity index (χ1v) is 6.92. The van der Waals surface area contributed by atoms with E-state index in [1.54, 1.807) is 0 Å². The highest BCUT2D eigenvalue weighted by atomic mass is 32.2. The number of rotatable bonds is 5. The van der Waals surface area contributed by atoms with Crippen LogP contribution >= 0.6 is 11.8 Å². The molecular weight excluding hydrogens is 280 g/mol. The van der Waals surface area contributed by atoms with Gasteiger partial charge >= 0.3 is 5.97 Å². The molecule has 1 unspecified atom stereocenters. The summed E-state index contributed by atoms with van der Waals surface area (Å²) in [5.41, 5.74) is 1.44. The molecule has 1 atom stereocenters. The molecule has 0 radical (unpaired) electrons. The maximum absolute atomic E-state index is 11.5. The summed E-state index contributed by atoms with van der Waals surface area (Å²) in [4.78, 5) is 26.9. The molecule has 1 heterocycles. The van der Waals surface area contributed by atoms with E-state index in [2.05, 4.69) is 15.0 Å². The Morgan fingerprint density at radius 3 is 2.85 bits per heavy atom. The molecule has 0 aliphatic rings. The van der Waals surface area contributed by atoms with Crippen molar-refractivity contribution >= 4 is 34.7 Å². The second-order valence-corrected chi connectivity index (χ2v) is 5.01. The molecule has 7 heteroatoms. The molecule has 0 aliphatic carbocycles. The number of esters is 1. The van der Waals surface area contributed by atoms with Crippen molar-refractivity contribution in [1.82, 2.24) is 10.3 Å². The Hall–Kier alpha value is -2.02. The fourth-order valence-electron chi connectivity index (χ4n) is 1.62. The first-order chi connectivity index (χ1) is 9.60. The molecule has 0 bridgehead atoms. The normalized spacial score (nSPS) is 12.1. The number of para-hydroxylation sites is 2. The lowest BCUT2D eigenvalue weighted by Gasteiger charge is -2.13. The number of oxazole rings is 1. The van der Waals surface area contributed by atoms with Crippen molar-refractivity contribution < 1.29 is 18.7 Å². The number of amides is 1. The summed E-state index contributed by atoms with van der Waals surface area (Å²) >= 11 is 1.25. The van der Waals surface area contributed by atoms with Gasteiger partial charge in [0.15, 0.2) is 5.58 Å². The monoisotopic (exact) mass is 294 g/mol. The van der Waals surface area contributed by atoms with Gasteiger partial charge in [0.1, 0.15) is 11.6 Å². The number of hydrogen-bond acceptors (Lipinski definition) is 6. The average molecular weight is 294 g/mol. The van der Waals surface area contributed by atoms with Crippen molar-refractivity contribution in [1.29, 1.82) is 0 Å². The van der Waals surface area contributed by atoms with E-state index in [0.29, 0.717) is 16.6 Å². The number of thioether (sulfide) groups is 1. The van der Waals surface area contributed by atoms with E-state index in [1.807, 2.05) is 24.3 Å². The Labute approximate surface area is 119 Å². The van der Waals surface area contributed by atoms with E-state index in [-0.39, 0.29) is 5.91 Å². The van der Waals surface area contributed by atoms with Crippen LogP contribution in [0.2, 0.25) is 0 Å². The summed E-state index contributed by atoms with van der Waals surface area (Å²) in [6, 6.07) is 6.66. The van der Waals surface area contributed by atoms with Gasteiger partial charge in [0, 0.05) is 12.7 Å². The molecule has 1 amide bonds. The van der Waals surface area contributed by atoms with Gasteiger partial charge in [-0.25, -0.2) is 9.78 Å². The van der Waals surface area contributed by atoms with Crippen LogP contribution in [0.5, 0.6) is 0 Å². The lowest BCUT2D eigenvalue weighted by atomic mass is 10.3. The zero-order valence-corrected chi connectivity index (χ0v) is 11.9. The number of nitrogens with one attached hydrogen (secondary N) is 1. The molecular formula is C13H14N2O4S. The van der Waals surface area contributed by atoms with Crippen LogP contribution in [0.25, 0.3) is 11.1 Å². The van der Waals surface area contributed by atoms with Crippen LogP contribution < -0.4 is 5.32 Å². The Morgan fingerprint density at radius 2 is 2.20 bits per heavy atom. The van der Waals surface area contributed by atoms with Crippen molar-refractivity contribution in [3.63, 3.8) is 0 Å². The molecule has 6 nitrogen and oxygen atoms in total. The van der Waals surface area contributed by atoms with Gasteiger partial charge in [-0.05, 0) is 12.1 Å². The summed E-state index contributed by atoms with van der Waals surface area (Å²) in [6.45, 7) is 1.35. The van der Waals surface area contributed by atoms with Crippen molar-refractivity contribution in [2.24, 2.45) is 0 Å². The van der Waals surface area contributed by atoms with E-state index in [0.717, 1.165) is 5.52 Å². The minimum atomic E-state index is -0.725. The Morgan fingerprint density at radius 1 is 1.45 bits per heavy atom. The third kappa shape index (κ3) is 3.51. The van der Waals surface area contributed by atoms with Gasteiger partial charge < -0.3 is 14.5 Å². The van der Waals surface area contributed by atoms with E-state index < -0.39 is 12.0 Å². The van der Waals surface area contributed by atoms with E-state index in [1.165, 1.54) is 25.8 Å². The van der Waals surface area contributed by atoms with Crippen molar-refractivity contribution in [3.05, 3.63) is 24.3 Å². The number of fused-ring (bicyclic) bond motifs is 1. The molecule has 1 aromatic heterocycles. The zero-order chi connectivity index (χ0) is 14.5. The smallest absolute Gasteiger partial charge is 0.329 e. The van der Waals surface area contributed by atoms with Crippen LogP contribution in [0, 0.1) is 0 Å². The molecule has 0 spiro atoms. The van der Waals surface area contributed by atoms with Gasteiger partial charge in [-0.2, -0.15) is 0 Å². The summed E-state index contributed by atoms with van der Waals surface area (Å²) in [5.74, 6) is -0.499. The van der Waals surface area contributed by atoms with Crippen molar-refractivity contribution in [2.75, 3.05) is 12.9 Å². The first-order valence-electron chi connectivity index (χ1n) is 5.93. The van der Waals surface area contributed by atoms with Gasteiger partial charge in [-0.1, -0.05) is 23.9 Å². The number of methoxy groups -OCH3 is 1. The highest BCUT2D eigenvalue weighted by molar-refractivity contribution is 7.99. The highest BCUT2D eigenvalue weighted by Gasteiger charge is 2.21. The van der Waals surface area contributed by atoms with Gasteiger partial charge in [0.25, 0.3) is 5.22 Å². The lowest BCUT2D eigenvalue weighted by molar-refractivity contribution is -0.144. The molecule has 0 saturated carbocycles. The second kappa shape index (κ2) is 6.42. The topological polar surface area (TPSA) is 81.4 Å². The predicted molar refractivity (Wildman–Crippen MR) is 74.4 cm³/mol. The van der Waals surface area contributed by atoms with E-state index >= 15 is 0 Å². The van der Waals surface area contributed by atoms with E-state index in [9.17, 15) is 9.59 Å².